The first-order valence-corrected chi connectivity index (χ1v) is 3.51. The van der Waals surface area contributed by atoms with Crippen molar-refractivity contribution in [2.24, 2.45) is 0 Å². The van der Waals surface area contributed by atoms with Crippen LogP contribution in [-0.4, -0.2) is 13.0 Å². The average molecular weight is 181 g/mol. The van der Waals surface area contributed by atoms with Crippen molar-refractivity contribution in [2.75, 3.05) is 0 Å². The van der Waals surface area contributed by atoms with Gasteiger partial charge >= 0.3 is 46.7 Å². The summed E-state index contributed by atoms with van der Waals surface area (Å²) in [5, 5.41) is 0. The zero-order valence-corrected chi connectivity index (χ0v) is 6.11. The molecule has 8 heavy (non-hydrogen) atoms. The van der Waals surface area contributed by atoms with Gasteiger partial charge in [0.15, 0.2) is 0 Å². The molecule has 4 N–H and O–H groups in total. The van der Waals surface area contributed by atoms with Gasteiger partial charge in [0, 0.05) is 0 Å². The van der Waals surface area contributed by atoms with Crippen molar-refractivity contribution in [3.8, 4) is 0 Å². The Labute approximate surface area is 53.4 Å². The molecule has 0 amide bonds. The predicted molar refractivity (Wildman–Crippen MR) is 17.5 cm³/mol. The zero-order valence-electron chi connectivity index (χ0n) is 3.90. The molecule has 8 heteroatoms. The molecule has 0 atom stereocenters. The van der Waals surface area contributed by atoms with Gasteiger partial charge in [-0.25, -0.2) is 0 Å². The Kier molecular flexibility index (Phi) is 5.71. The first-order chi connectivity index (χ1) is 3.06. The van der Waals surface area contributed by atoms with Gasteiger partial charge in [-0.1, -0.05) is 0 Å². The summed E-state index contributed by atoms with van der Waals surface area (Å²) in [4.78, 5) is 0. The van der Waals surface area contributed by atoms with E-state index in [9.17, 15) is 16.6 Å². The van der Waals surface area contributed by atoms with Gasteiger partial charge in [0.05, 0.1) is 0 Å². The summed E-state index contributed by atoms with van der Waals surface area (Å²) in [6.07, 6.45) is 0. The molecule has 0 aromatic rings. The summed E-state index contributed by atoms with van der Waals surface area (Å²) in [6.45, 7) is 0. The van der Waals surface area contributed by atoms with Crippen LogP contribution in [-0.2, 0) is 33.8 Å². The molecule has 0 rings (SSSR count). The van der Waals surface area contributed by atoms with Gasteiger partial charge in [-0.2, -0.15) is 0 Å². The Bertz CT molecular complexity index is 146. The molecule has 0 bridgehead atoms. The minimum absolute atomic E-state index is 0. The fourth-order valence-corrected chi connectivity index (χ4v) is 0.461. The maximum atomic E-state index is 9.28. The average Bonchev–Trinajstić information content (AvgIpc) is 1.30. The van der Waals surface area contributed by atoms with E-state index in [0.717, 1.165) is 0 Å². The molecule has 0 unspecified atom stereocenters. The summed E-state index contributed by atoms with van der Waals surface area (Å²) >= 11 is -2.02. The number of hydrogen-bond acceptors (Lipinski definition) is 5. The SMILES string of the molecule is [NH4+].[O]=[V][O]S(=O)(=O)[O-]. The molecule has 0 aliphatic heterocycles. The van der Waals surface area contributed by atoms with Crippen molar-refractivity contribution in [3.63, 3.8) is 0 Å². The molecular formula is H4NO5SV. The van der Waals surface area contributed by atoms with Gasteiger partial charge in [0.1, 0.15) is 0 Å². The second kappa shape index (κ2) is 4.13. The van der Waals surface area contributed by atoms with E-state index in [0.29, 0.717) is 0 Å². The van der Waals surface area contributed by atoms with Gasteiger partial charge in [0.25, 0.3) is 0 Å². The molecule has 0 fully saturated rings. The summed E-state index contributed by atoms with van der Waals surface area (Å²) in [7, 11) is -4.70. The maximum absolute atomic E-state index is 9.28. The topological polar surface area (TPSA) is 120 Å². The van der Waals surface area contributed by atoms with Crippen LogP contribution in [0.25, 0.3) is 0 Å². The molecule has 0 aromatic heterocycles. The number of hydrogen-bond donors (Lipinski definition) is 1. The normalized spacial score (nSPS) is 9.62. The molecule has 50 valence electrons. The fraction of sp³-hybridized carbons (Fsp3) is 0. The van der Waals surface area contributed by atoms with Gasteiger partial charge in [-0.05, 0) is 0 Å². The van der Waals surface area contributed by atoms with Crippen LogP contribution in [0.5, 0.6) is 0 Å². The van der Waals surface area contributed by atoms with Crippen LogP contribution >= 0.6 is 0 Å². The van der Waals surface area contributed by atoms with Crippen molar-refractivity contribution < 1.29 is 36.3 Å². The molecule has 0 aliphatic carbocycles. The van der Waals surface area contributed by atoms with Crippen molar-refractivity contribution in [1.29, 1.82) is 0 Å². The third-order valence-corrected chi connectivity index (χ3v) is 1.51. The predicted octanol–water partition coefficient (Wildman–Crippen LogP) is -0.818. The second-order valence-electron chi connectivity index (χ2n) is 0.557. The third kappa shape index (κ3) is 9.51. The van der Waals surface area contributed by atoms with E-state index >= 15 is 0 Å². The first-order valence-electron chi connectivity index (χ1n) is 1.03. The summed E-state index contributed by atoms with van der Waals surface area (Å²) in [5.74, 6) is 0. The molecule has 0 aliphatic rings. The molecule has 0 aromatic carbocycles. The van der Waals surface area contributed by atoms with Gasteiger partial charge in [-0.15, -0.1) is 0 Å². The van der Waals surface area contributed by atoms with Crippen LogP contribution in [0.3, 0.4) is 0 Å². The van der Waals surface area contributed by atoms with Crippen LogP contribution in [0.4, 0.5) is 0 Å². The van der Waals surface area contributed by atoms with E-state index in [-0.39, 0.29) is 6.15 Å². The molecule has 0 radical (unpaired) electrons. The van der Waals surface area contributed by atoms with Crippen LogP contribution in [0.2, 0.25) is 0 Å². The van der Waals surface area contributed by atoms with Gasteiger partial charge in [0.2, 0.25) is 0 Å². The molecule has 0 saturated carbocycles. The summed E-state index contributed by atoms with van der Waals surface area (Å²) in [5.41, 5.74) is 0. The Morgan fingerprint density at radius 3 is 1.88 bits per heavy atom. The van der Waals surface area contributed by atoms with Gasteiger partial charge in [-0.3, -0.25) is 0 Å². The van der Waals surface area contributed by atoms with Crippen LogP contribution in [0.15, 0.2) is 0 Å². The molecule has 6 nitrogen and oxygen atoms in total. The molecule has 0 saturated heterocycles. The number of quaternary nitrogens is 1. The van der Waals surface area contributed by atoms with E-state index in [1.807, 2.05) is 0 Å². The van der Waals surface area contributed by atoms with E-state index in [1.165, 1.54) is 0 Å². The summed E-state index contributed by atoms with van der Waals surface area (Å²) in [6, 6.07) is 0. The van der Waals surface area contributed by atoms with E-state index < -0.39 is 27.0 Å². The zero-order chi connectivity index (χ0) is 5.91. The van der Waals surface area contributed by atoms with Crippen molar-refractivity contribution in [3.05, 3.63) is 0 Å². The number of rotatable bonds is 2. The Hall–Kier alpha value is 0.214. The minimum atomic E-state index is -4.70. The standard InChI is InChI=1S/H3N.H2O4S.O.V/c;1-5(2,3)4;;/h1H3;(H2,1,2,3,4);;/q;;;+1/p-1. The van der Waals surface area contributed by atoms with Gasteiger partial charge < -0.3 is 6.15 Å². The quantitative estimate of drug-likeness (QED) is 0.440. The van der Waals surface area contributed by atoms with Crippen molar-refractivity contribution in [2.45, 2.75) is 0 Å². The van der Waals surface area contributed by atoms with E-state index in [4.69, 9.17) is 0 Å². The molecular weight excluding hydrogens is 177 g/mol. The Balaban J connectivity index is 0. The third-order valence-electron chi connectivity index (χ3n) is 0.122. The van der Waals surface area contributed by atoms with Crippen LogP contribution < -0.4 is 6.15 Å². The Morgan fingerprint density at radius 2 is 1.88 bits per heavy atom. The van der Waals surface area contributed by atoms with Crippen LogP contribution in [0, 0.1) is 0 Å². The monoisotopic (exact) mass is 181 g/mol. The second-order valence-corrected chi connectivity index (χ2v) is 2.45. The Morgan fingerprint density at radius 1 is 1.50 bits per heavy atom. The molecule has 0 heterocycles. The van der Waals surface area contributed by atoms with Crippen LogP contribution in [0.1, 0.15) is 0 Å². The van der Waals surface area contributed by atoms with Crippen molar-refractivity contribution in [1.82, 2.24) is 6.15 Å². The molecule has 0 spiro atoms. The van der Waals surface area contributed by atoms with E-state index in [1.54, 1.807) is 0 Å². The fourth-order valence-electron chi connectivity index (χ4n) is 0.0373. The van der Waals surface area contributed by atoms with E-state index in [2.05, 4.69) is 3.11 Å². The first kappa shape index (κ1) is 11.1. The van der Waals surface area contributed by atoms with Crippen molar-refractivity contribution >= 4 is 10.4 Å². The summed E-state index contributed by atoms with van der Waals surface area (Å²) < 4.78 is 40.3.